The fourth-order valence-corrected chi connectivity index (χ4v) is 5.64. The van der Waals surface area contributed by atoms with Crippen LogP contribution in [-0.2, 0) is 0 Å². The molecule has 3 fully saturated rings. The number of aliphatic hydroxyl groups excluding tert-OH is 3. The summed E-state index contributed by atoms with van der Waals surface area (Å²) in [5.41, 5.74) is -0.667. The molecule has 0 aromatic heterocycles. The zero-order valence-electron chi connectivity index (χ0n) is 19.0. The van der Waals surface area contributed by atoms with Crippen LogP contribution in [0.3, 0.4) is 0 Å². The van der Waals surface area contributed by atoms with Gasteiger partial charge in [-0.1, -0.05) is 43.4 Å². The van der Waals surface area contributed by atoms with Gasteiger partial charge >= 0.3 is 0 Å². The van der Waals surface area contributed by atoms with Crippen LogP contribution in [0.1, 0.15) is 71.1 Å². The van der Waals surface area contributed by atoms with E-state index in [0.29, 0.717) is 6.42 Å². The number of allylic oxidation sites excluding steroid dienone is 6. The molecule has 0 aromatic rings. The molecule has 6 atom stereocenters. The van der Waals surface area contributed by atoms with E-state index in [4.69, 9.17) is 15.3 Å². The lowest BCUT2D eigenvalue weighted by Gasteiger charge is -2.24. The Hall–Kier alpha value is -0.900. The lowest BCUT2D eigenvalue weighted by atomic mass is 9.88. The van der Waals surface area contributed by atoms with Crippen molar-refractivity contribution in [3.05, 3.63) is 36.5 Å². The minimum absolute atomic E-state index is 0.156. The van der Waals surface area contributed by atoms with Crippen LogP contribution in [0, 0.1) is 40.9 Å². The molecule has 0 spiro atoms. The topological polar surface area (TPSA) is 60.7 Å². The van der Waals surface area contributed by atoms with Crippen molar-refractivity contribution in [3.63, 3.8) is 0 Å². The fraction of sp³-hybridized carbons (Fsp3) is 0.778. The highest BCUT2D eigenvalue weighted by atomic mass is 16.3. The van der Waals surface area contributed by atoms with Crippen molar-refractivity contribution in [3.8, 4) is 0 Å². The Labute approximate surface area is 184 Å². The highest BCUT2D eigenvalue weighted by Crippen LogP contribution is 2.39. The Kier molecular flexibility index (Phi) is 9.22. The van der Waals surface area contributed by atoms with Crippen LogP contribution < -0.4 is 0 Å². The summed E-state index contributed by atoms with van der Waals surface area (Å²) in [6, 6.07) is 0. The summed E-state index contributed by atoms with van der Waals surface area (Å²) in [5, 5.41) is 26.0. The van der Waals surface area contributed by atoms with Crippen LogP contribution in [0.2, 0.25) is 0 Å². The predicted molar refractivity (Wildman–Crippen MR) is 124 cm³/mol. The van der Waals surface area contributed by atoms with Gasteiger partial charge in [-0.05, 0) is 99.7 Å². The highest BCUT2D eigenvalue weighted by molar-refractivity contribution is 5.07. The molecule has 0 aromatic carbocycles. The lowest BCUT2D eigenvalue weighted by Crippen LogP contribution is -2.32. The van der Waals surface area contributed by atoms with Crippen molar-refractivity contribution in [2.75, 3.05) is 19.8 Å². The SMILES string of the molecule is C1=CC2CCC1C2.C1=CC2CCC1C2.C1=CC2CCC1C2.CCC(CO)(CO)CO. The normalized spacial score (nSPS) is 35.6. The molecule has 3 N–H and O–H groups in total. The molecule has 3 saturated carbocycles. The van der Waals surface area contributed by atoms with Gasteiger partial charge in [0.05, 0.1) is 19.8 Å². The second-order valence-corrected chi connectivity index (χ2v) is 10.5. The molecule has 0 heterocycles. The van der Waals surface area contributed by atoms with Gasteiger partial charge in [-0.3, -0.25) is 0 Å². The van der Waals surface area contributed by atoms with Gasteiger partial charge in [-0.15, -0.1) is 0 Å². The summed E-state index contributed by atoms with van der Waals surface area (Å²) in [6.45, 7) is 1.35. The van der Waals surface area contributed by atoms with Crippen LogP contribution in [0.4, 0.5) is 0 Å². The third kappa shape index (κ3) is 6.55. The average Bonchev–Trinajstić information content (AvgIpc) is 3.66. The number of fused-ring (bicyclic) bond motifs is 6. The summed E-state index contributed by atoms with van der Waals surface area (Å²) >= 11 is 0. The van der Waals surface area contributed by atoms with Crippen molar-refractivity contribution < 1.29 is 15.3 Å². The Morgan fingerprint density at radius 2 is 0.767 bits per heavy atom. The summed E-state index contributed by atoms with van der Waals surface area (Å²) in [5.74, 6) is 5.94. The number of hydrogen-bond acceptors (Lipinski definition) is 3. The lowest BCUT2D eigenvalue weighted by molar-refractivity contribution is 0.00304. The predicted octanol–water partition coefficient (Wildman–Crippen LogP) is 5.28. The molecule has 6 unspecified atom stereocenters. The maximum atomic E-state index is 8.66. The molecule has 6 bridgehead atoms. The van der Waals surface area contributed by atoms with E-state index < -0.39 is 5.41 Å². The van der Waals surface area contributed by atoms with Gasteiger partial charge in [-0.25, -0.2) is 0 Å². The quantitative estimate of drug-likeness (QED) is 0.547. The van der Waals surface area contributed by atoms with Gasteiger partial charge in [0.1, 0.15) is 0 Å². The number of rotatable bonds is 4. The Morgan fingerprint density at radius 3 is 0.800 bits per heavy atom. The van der Waals surface area contributed by atoms with E-state index in [2.05, 4.69) is 36.5 Å². The number of hydrogen-bond donors (Lipinski definition) is 3. The van der Waals surface area contributed by atoms with E-state index in [0.717, 1.165) is 35.5 Å². The van der Waals surface area contributed by atoms with Crippen LogP contribution >= 0.6 is 0 Å². The minimum Gasteiger partial charge on any atom is -0.396 e. The second kappa shape index (κ2) is 11.6. The number of aliphatic hydroxyl groups is 3. The van der Waals surface area contributed by atoms with Crippen molar-refractivity contribution in [1.82, 2.24) is 0 Å². The van der Waals surface area contributed by atoms with Gasteiger partial charge < -0.3 is 15.3 Å². The molecule has 0 amide bonds. The zero-order valence-corrected chi connectivity index (χ0v) is 19.0. The first kappa shape index (κ1) is 23.8. The summed E-state index contributed by atoms with van der Waals surface area (Å²) in [7, 11) is 0. The molecule has 170 valence electrons. The van der Waals surface area contributed by atoms with Gasteiger partial charge in [0, 0.05) is 5.41 Å². The van der Waals surface area contributed by atoms with Crippen molar-refractivity contribution >= 4 is 0 Å². The molecule has 6 aliphatic rings. The van der Waals surface area contributed by atoms with E-state index in [1.54, 1.807) is 0 Å². The van der Waals surface area contributed by atoms with Crippen molar-refractivity contribution in [2.45, 2.75) is 71.1 Å². The summed E-state index contributed by atoms with van der Waals surface area (Å²) in [4.78, 5) is 0. The van der Waals surface area contributed by atoms with Gasteiger partial charge in [0.15, 0.2) is 0 Å². The van der Waals surface area contributed by atoms with Crippen molar-refractivity contribution in [1.29, 1.82) is 0 Å². The molecule has 6 aliphatic carbocycles. The van der Waals surface area contributed by atoms with Crippen LogP contribution in [0.15, 0.2) is 36.5 Å². The Balaban J connectivity index is 0.000000114. The standard InChI is InChI=1S/3C7H10.C6H14O3/c3*1-2-7-4-3-6(1)5-7;1-2-6(3-7,4-8)5-9/h3*1-2,6-7H,3-5H2;7-9H,2-5H2,1H3. The molecular weight excluding hydrogens is 372 g/mol. The van der Waals surface area contributed by atoms with Gasteiger partial charge in [-0.2, -0.15) is 0 Å². The Bertz CT molecular complexity index is 469. The second-order valence-electron chi connectivity index (χ2n) is 10.5. The average molecular weight is 417 g/mol. The third-order valence-corrected chi connectivity index (χ3v) is 8.26. The minimum atomic E-state index is -0.667. The molecule has 0 saturated heterocycles. The first-order valence-corrected chi connectivity index (χ1v) is 12.5. The molecule has 30 heavy (non-hydrogen) atoms. The maximum Gasteiger partial charge on any atom is 0.0531 e. The highest BCUT2D eigenvalue weighted by Gasteiger charge is 2.27. The summed E-state index contributed by atoms with van der Waals surface area (Å²) < 4.78 is 0. The Morgan fingerprint density at radius 1 is 0.533 bits per heavy atom. The molecular formula is C27H44O3. The zero-order chi connectivity index (χ0) is 21.4. The van der Waals surface area contributed by atoms with E-state index in [9.17, 15) is 0 Å². The molecule has 3 heteroatoms. The van der Waals surface area contributed by atoms with Gasteiger partial charge in [0.25, 0.3) is 0 Å². The van der Waals surface area contributed by atoms with E-state index >= 15 is 0 Å². The first-order valence-electron chi connectivity index (χ1n) is 12.5. The molecule has 6 rings (SSSR count). The van der Waals surface area contributed by atoms with E-state index in [-0.39, 0.29) is 19.8 Å². The maximum absolute atomic E-state index is 8.66. The largest absolute Gasteiger partial charge is 0.396 e. The summed E-state index contributed by atoms with van der Waals surface area (Å²) in [6.07, 6.45) is 28.1. The van der Waals surface area contributed by atoms with Crippen molar-refractivity contribution in [2.24, 2.45) is 40.9 Å². The van der Waals surface area contributed by atoms with E-state index in [1.165, 1.54) is 57.8 Å². The molecule has 3 nitrogen and oxygen atoms in total. The monoisotopic (exact) mass is 416 g/mol. The third-order valence-electron chi connectivity index (χ3n) is 8.26. The molecule has 0 radical (unpaired) electrons. The van der Waals surface area contributed by atoms with Crippen LogP contribution in [-0.4, -0.2) is 35.1 Å². The van der Waals surface area contributed by atoms with Crippen LogP contribution in [0.5, 0.6) is 0 Å². The van der Waals surface area contributed by atoms with Crippen LogP contribution in [0.25, 0.3) is 0 Å². The fourth-order valence-electron chi connectivity index (χ4n) is 5.64. The van der Waals surface area contributed by atoms with E-state index in [1.807, 2.05) is 6.92 Å². The smallest absolute Gasteiger partial charge is 0.0531 e. The molecule has 0 aliphatic heterocycles. The van der Waals surface area contributed by atoms with Gasteiger partial charge in [0.2, 0.25) is 0 Å². The first-order chi connectivity index (χ1) is 14.6.